The molecule has 0 aliphatic carbocycles. The fourth-order valence-corrected chi connectivity index (χ4v) is 3.57. The molecule has 156 valence electrons. The molecule has 28 heavy (non-hydrogen) atoms. The third-order valence-electron chi connectivity index (χ3n) is 5.33. The van der Waals surface area contributed by atoms with E-state index in [4.69, 9.17) is 0 Å². The van der Waals surface area contributed by atoms with Crippen molar-refractivity contribution in [2.75, 3.05) is 46.8 Å². The summed E-state index contributed by atoms with van der Waals surface area (Å²) in [5, 5.41) is 6.79. The zero-order chi connectivity index (χ0) is 20.2. The molecule has 1 saturated heterocycles. The molecule has 0 aromatic heterocycles. The van der Waals surface area contributed by atoms with Gasteiger partial charge in [-0.15, -0.1) is 0 Å². The van der Waals surface area contributed by atoms with Gasteiger partial charge in [-0.05, 0) is 37.8 Å². The average Bonchev–Trinajstić information content (AvgIpc) is 2.72. The number of guanidine groups is 1. The summed E-state index contributed by atoms with van der Waals surface area (Å²) in [7, 11) is 3.52. The van der Waals surface area contributed by atoms with E-state index in [0.717, 1.165) is 32.0 Å². The molecule has 1 aromatic carbocycles. The second kappa shape index (κ2) is 12.4. The third kappa shape index (κ3) is 7.89. The van der Waals surface area contributed by atoms with Gasteiger partial charge in [0.1, 0.15) is 6.54 Å². The summed E-state index contributed by atoms with van der Waals surface area (Å²) < 4.78 is 0. The van der Waals surface area contributed by atoms with Crippen LogP contribution >= 0.6 is 0 Å². The quantitative estimate of drug-likeness (QED) is 0.503. The van der Waals surface area contributed by atoms with Gasteiger partial charge in [0.05, 0.1) is 0 Å². The Morgan fingerprint density at radius 3 is 2.64 bits per heavy atom. The van der Waals surface area contributed by atoms with Crippen molar-refractivity contribution >= 4 is 11.9 Å². The van der Waals surface area contributed by atoms with Gasteiger partial charge >= 0.3 is 0 Å². The highest BCUT2D eigenvalue weighted by Gasteiger charge is 2.20. The van der Waals surface area contributed by atoms with Crippen LogP contribution in [0.3, 0.4) is 0 Å². The molecule has 1 aliphatic heterocycles. The first-order valence-corrected chi connectivity index (χ1v) is 10.6. The molecule has 1 aromatic rings. The Labute approximate surface area is 170 Å². The van der Waals surface area contributed by atoms with Gasteiger partial charge < -0.3 is 15.5 Å². The molecule has 1 heterocycles. The van der Waals surface area contributed by atoms with Crippen molar-refractivity contribution in [2.45, 2.75) is 45.1 Å². The lowest BCUT2D eigenvalue weighted by Crippen LogP contribution is -2.46. The Kier molecular flexibility index (Phi) is 9.83. The van der Waals surface area contributed by atoms with E-state index in [1.165, 1.54) is 37.8 Å². The van der Waals surface area contributed by atoms with Crippen LogP contribution in [-0.2, 0) is 11.2 Å². The maximum absolute atomic E-state index is 11.9. The zero-order valence-electron chi connectivity index (χ0n) is 17.8. The van der Waals surface area contributed by atoms with Crippen LogP contribution in [-0.4, -0.2) is 74.5 Å². The molecule has 1 fully saturated rings. The van der Waals surface area contributed by atoms with Crippen LogP contribution in [0.5, 0.6) is 0 Å². The van der Waals surface area contributed by atoms with Crippen LogP contribution < -0.4 is 10.6 Å². The second-order valence-electron chi connectivity index (χ2n) is 7.64. The largest absolute Gasteiger partial charge is 0.356 e. The minimum atomic E-state index is 0.00577. The topological polar surface area (TPSA) is 60.0 Å². The van der Waals surface area contributed by atoms with E-state index in [2.05, 4.69) is 51.7 Å². The van der Waals surface area contributed by atoms with Crippen molar-refractivity contribution in [1.82, 2.24) is 20.4 Å². The Balaban J connectivity index is 1.84. The van der Waals surface area contributed by atoms with E-state index in [0.29, 0.717) is 6.04 Å². The number of benzene rings is 1. The zero-order valence-corrected chi connectivity index (χ0v) is 17.8. The Hall–Kier alpha value is -2.08. The number of hydrogen-bond donors (Lipinski definition) is 2. The maximum Gasteiger partial charge on any atom is 0.243 e. The number of piperidine rings is 1. The molecule has 1 unspecified atom stereocenters. The van der Waals surface area contributed by atoms with E-state index in [1.54, 1.807) is 19.0 Å². The molecule has 2 rings (SSSR count). The smallest absolute Gasteiger partial charge is 0.243 e. The van der Waals surface area contributed by atoms with Crippen molar-refractivity contribution in [3.05, 3.63) is 35.9 Å². The van der Waals surface area contributed by atoms with Gasteiger partial charge in [0.2, 0.25) is 5.91 Å². The number of likely N-dealkylation sites (tertiary alicyclic amines) is 1. The number of likely N-dealkylation sites (N-methyl/N-ethyl adjacent to an activating group) is 1. The molecule has 0 bridgehead atoms. The standard InChI is InChI=1S/C22H37N5O/c1-4-20-12-8-9-16-27(20)17-15-24-22(25-18-21(28)26(2)3)23-14-13-19-10-6-5-7-11-19/h5-7,10-11,20H,4,8-9,12-18H2,1-3H3,(H2,23,24,25). The molecule has 6 heteroatoms. The fourth-order valence-electron chi connectivity index (χ4n) is 3.57. The Morgan fingerprint density at radius 1 is 1.18 bits per heavy atom. The van der Waals surface area contributed by atoms with Crippen LogP contribution in [0.25, 0.3) is 0 Å². The van der Waals surface area contributed by atoms with E-state index in [1.807, 2.05) is 6.07 Å². The SMILES string of the molecule is CCC1CCCCN1CCNC(=NCC(=O)N(C)C)NCCc1ccccc1. The average molecular weight is 388 g/mol. The lowest BCUT2D eigenvalue weighted by Gasteiger charge is -2.35. The molecular weight excluding hydrogens is 350 g/mol. The van der Waals surface area contributed by atoms with Crippen molar-refractivity contribution < 1.29 is 4.79 Å². The maximum atomic E-state index is 11.9. The highest BCUT2D eigenvalue weighted by Crippen LogP contribution is 2.18. The van der Waals surface area contributed by atoms with Crippen LogP contribution in [0.15, 0.2) is 35.3 Å². The van der Waals surface area contributed by atoms with Crippen molar-refractivity contribution in [2.24, 2.45) is 4.99 Å². The molecule has 6 nitrogen and oxygen atoms in total. The van der Waals surface area contributed by atoms with Crippen molar-refractivity contribution in [1.29, 1.82) is 0 Å². The monoisotopic (exact) mass is 387 g/mol. The molecule has 0 saturated carbocycles. The number of nitrogens with one attached hydrogen (secondary N) is 2. The molecular formula is C22H37N5O. The predicted octanol–water partition coefficient (Wildman–Crippen LogP) is 2.12. The molecule has 2 N–H and O–H groups in total. The van der Waals surface area contributed by atoms with Gasteiger partial charge in [0, 0.05) is 39.8 Å². The summed E-state index contributed by atoms with van der Waals surface area (Å²) >= 11 is 0. The molecule has 0 spiro atoms. The molecule has 1 amide bonds. The number of rotatable bonds is 9. The fraction of sp³-hybridized carbons (Fsp3) is 0.636. The van der Waals surface area contributed by atoms with E-state index in [9.17, 15) is 4.79 Å². The first-order valence-electron chi connectivity index (χ1n) is 10.6. The molecule has 1 atom stereocenters. The Bertz CT molecular complexity index is 602. The highest BCUT2D eigenvalue weighted by molar-refractivity contribution is 5.84. The number of amides is 1. The summed E-state index contributed by atoms with van der Waals surface area (Å²) in [5.74, 6) is 0.724. The lowest BCUT2D eigenvalue weighted by atomic mass is 10.0. The van der Waals surface area contributed by atoms with Crippen molar-refractivity contribution in [3.8, 4) is 0 Å². The van der Waals surface area contributed by atoms with E-state index >= 15 is 0 Å². The predicted molar refractivity (Wildman–Crippen MR) is 117 cm³/mol. The summed E-state index contributed by atoms with van der Waals surface area (Å²) in [6.07, 6.45) is 6.10. The number of carbonyl (C=O) groups is 1. The van der Waals surface area contributed by atoms with Gasteiger partial charge in [-0.1, -0.05) is 43.7 Å². The van der Waals surface area contributed by atoms with E-state index in [-0.39, 0.29) is 12.5 Å². The number of hydrogen-bond acceptors (Lipinski definition) is 3. The van der Waals surface area contributed by atoms with Crippen LogP contribution in [0.2, 0.25) is 0 Å². The normalized spacial score (nSPS) is 18.0. The minimum absolute atomic E-state index is 0.00577. The first-order chi connectivity index (χ1) is 13.6. The van der Waals surface area contributed by atoms with Crippen molar-refractivity contribution in [3.63, 3.8) is 0 Å². The van der Waals surface area contributed by atoms with Crippen LogP contribution in [0, 0.1) is 0 Å². The van der Waals surface area contributed by atoms with Crippen LogP contribution in [0.1, 0.15) is 38.2 Å². The first kappa shape index (κ1) is 22.2. The molecule has 1 aliphatic rings. The van der Waals surface area contributed by atoms with Crippen LogP contribution in [0.4, 0.5) is 0 Å². The summed E-state index contributed by atoms with van der Waals surface area (Å²) in [6.45, 7) is 6.26. The lowest BCUT2D eigenvalue weighted by molar-refractivity contribution is -0.127. The molecule has 0 radical (unpaired) electrons. The third-order valence-corrected chi connectivity index (χ3v) is 5.33. The van der Waals surface area contributed by atoms with E-state index < -0.39 is 0 Å². The number of aliphatic imine (C=N–C) groups is 1. The number of nitrogens with zero attached hydrogens (tertiary/aromatic N) is 3. The van der Waals surface area contributed by atoms with Gasteiger partial charge in [0.15, 0.2) is 5.96 Å². The second-order valence-corrected chi connectivity index (χ2v) is 7.64. The Morgan fingerprint density at radius 2 is 1.93 bits per heavy atom. The summed E-state index contributed by atoms with van der Waals surface area (Å²) in [4.78, 5) is 20.5. The minimum Gasteiger partial charge on any atom is -0.356 e. The number of carbonyl (C=O) groups excluding carboxylic acids is 1. The summed E-state index contributed by atoms with van der Waals surface area (Å²) in [5.41, 5.74) is 1.29. The summed E-state index contributed by atoms with van der Waals surface area (Å²) in [6, 6.07) is 11.1. The van der Waals surface area contributed by atoms with Gasteiger partial charge in [-0.25, -0.2) is 4.99 Å². The van der Waals surface area contributed by atoms with Gasteiger partial charge in [-0.2, -0.15) is 0 Å². The van der Waals surface area contributed by atoms with Gasteiger partial charge in [-0.3, -0.25) is 9.69 Å². The highest BCUT2D eigenvalue weighted by atomic mass is 16.2. The van der Waals surface area contributed by atoms with Gasteiger partial charge in [0.25, 0.3) is 0 Å².